The highest BCUT2D eigenvalue weighted by molar-refractivity contribution is 6.04. The standard InChI is InChI=1S/C17H20N4O4/c1-10(2)14-8-13(20-21(14)3)17(25)19-12-6-4-5-11(7-12)16(24)18-9-15(22)23/h4-8,10H,9H2,1-3H3,(H,18,24)(H,19,25)(H,22,23). The Labute approximate surface area is 144 Å². The highest BCUT2D eigenvalue weighted by Crippen LogP contribution is 2.16. The number of hydrogen-bond acceptors (Lipinski definition) is 4. The lowest BCUT2D eigenvalue weighted by atomic mass is 10.1. The first-order chi connectivity index (χ1) is 11.8. The summed E-state index contributed by atoms with van der Waals surface area (Å²) in [5, 5.41) is 17.7. The molecule has 0 bridgehead atoms. The number of rotatable bonds is 6. The number of aryl methyl sites for hydroxylation is 1. The summed E-state index contributed by atoms with van der Waals surface area (Å²) in [5.41, 5.74) is 1.89. The quantitative estimate of drug-likeness (QED) is 0.737. The number of carbonyl (C=O) groups is 3. The summed E-state index contributed by atoms with van der Waals surface area (Å²) >= 11 is 0. The van der Waals surface area contributed by atoms with E-state index in [1.54, 1.807) is 29.9 Å². The molecule has 0 aliphatic rings. The Morgan fingerprint density at radius 2 is 1.92 bits per heavy atom. The van der Waals surface area contributed by atoms with Crippen LogP contribution in [0.15, 0.2) is 30.3 Å². The van der Waals surface area contributed by atoms with Gasteiger partial charge in [0.2, 0.25) is 0 Å². The van der Waals surface area contributed by atoms with E-state index in [9.17, 15) is 14.4 Å². The fourth-order valence-electron chi connectivity index (χ4n) is 2.32. The molecule has 1 aromatic heterocycles. The minimum atomic E-state index is -1.13. The number of nitrogens with zero attached hydrogens (tertiary/aromatic N) is 2. The van der Waals surface area contributed by atoms with Crippen LogP contribution >= 0.6 is 0 Å². The molecule has 25 heavy (non-hydrogen) atoms. The van der Waals surface area contributed by atoms with E-state index >= 15 is 0 Å². The average molecular weight is 344 g/mol. The van der Waals surface area contributed by atoms with Crippen molar-refractivity contribution < 1.29 is 19.5 Å². The third kappa shape index (κ3) is 4.66. The van der Waals surface area contributed by atoms with Gasteiger partial charge < -0.3 is 15.7 Å². The van der Waals surface area contributed by atoms with Gasteiger partial charge in [0.1, 0.15) is 6.54 Å². The number of benzene rings is 1. The molecule has 8 heteroatoms. The highest BCUT2D eigenvalue weighted by Gasteiger charge is 2.15. The van der Waals surface area contributed by atoms with Crippen molar-refractivity contribution in [1.29, 1.82) is 0 Å². The van der Waals surface area contributed by atoms with Crippen molar-refractivity contribution in [3.8, 4) is 0 Å². The van der Waals surface area contributed by atoms with Crippen molar-refractivity contribution in [2.24, 2.45) is 7.05 Å². The van der Waals surface area contributed by atoms with Crippen LogP contribution in [0.2, 0.25) is 0 Å². The summed E-state index contributed by atoms with van der Waals surface area (Å²) in [6, 6.07) is 7.97. The summed E-state index contributed by atoms with van der Waals surface area (Å²) in [6.45, 7) is 3.55. The maximum atomic E-state index is 12.3. The van der Waals surface area contributed by atoms with Gasteiger partial charge in [0.15, 0.2) is 5.69 Å². The number of aliphatic carboxylic acids is 1. The molecule has 0 radical (unpaired) electrons. The van der Waals surface area contributed by atoms with Gasteiger partial charge in [-0.3, -0.25) is 19.1 Å². The number of hydrogen-bond donors (Lipinski definition) is 3. The number of carboxylic acid groups (broad SMARTS) is 1. The first-order valence-electron chi connectivity index (χ1n) is 7.73. The van der Waals surface area contributed by atoms with Gasteiger partial charge in [0.05, 0.1) is 0 Å². The normalized spacial score (nSPS) is 10.6. The van der Waals surface area contributed by atoms with Gasteiger partial charge in [-0.2, -0.15) is 5.10 Å². The molecule has 0 aliphatic heterocycles. The maximum Gasteiger partial charge on any atom is 0.322 e. The summed E-state index contributed by atoms with van der Waals surface area (Å²) in [4.78, 5) is 34.7. The predicted molar refractivity (Wildman–Crippen MR) is 91.7 cm³/mol. The van der Waals surface area contributed by atoms with Gasteiger partial charge in [-0.1, -0.05) is 19.9 Å². The molecule has 3 N–H and O–H groups in total. The van der Waals surface area contributed by atoms with Crippen molar-refractivity contribution in [3.05, 3.63) is 47.3 Å². The van der Waals surface area contributed by atoms with Gasteiger partial charge in [0, 0.05) is 24.0 Å². The molecule has 0 atom stereocenters. The van der Waals surface area contributed by atoms with E-state index in [4.69, 9.17) is 5.11 Å². The fraction of sp³-hybridized carbons (Fsp3) is 0.294. The van der Waals surface area contributed by atoms with Crippen LogP contribution in [0.5, 0.6) is 0 Å². The molecule has 0 fully saturated rings. The first kappa shape index (κ1) is 18.2. The van der Waals surface area contributed by atoms with E-state index in [0.29, 0.717) is 5.69 Å². The lowest BCUT2D eigenvalue weighted by Crippen LogP contribution is -2.29. The zero-order chi connectivity index (χ0) is 18.6. The number of nitrogens with one attached hydrogen (secondary N) is 2. The Kier molecular flexibility index (Phi) is 5.53. The largest absolute Gasteiger partial charge is 0.480 e. The molecule has 1 heterocycles. The smallest absolute Gasteiger partial charge is 0.322 e. The number of amides is 2. The van der Waals surface area contributed by atoms with E-state index in [-0.39, 0.29) is 23.1 Å². The Balaban J connectivity index is 2.11. The number of aromatic nitrogens is 2. The van der Waals surface area contributed by atoms with Crippen LogP contribution in [-0.4, -0.2) is 39.2 Å². The lowest BCUT2D eigenvalue weighted by molar-refractivity contribution is -0.135. The molecule has 0 spiro atoms. The van der Waals surface area contributed by atoms with Crippen LogP contribution in [0.4, 0.5) is 5.69 Å². The molecule has 132 valence electrons. The first-order valence-corrected chi connectivity index (χ1v) is 7.73. The maximum absolute atomic E-state index is 12.3. The molecular weight excluding hydrogens is 324 g/mol. The number of anilines is 1. The molecule has 8 nitrogen and oxygen atoms in total. The molecule has 0 unspecified atom stereocenters. The molecule has 0 aliphatic carbocycles. The highest BCUT2D eigenvalue weighted by atomic mass is 16.4. The molecule has 2 rings (SSSR count). The van der Waals surface area contributed by atoms with Crippen molar-refractivity contribution in [2.75, 3.05) is 11.9 Å². The zero-order valence-electron chi connectivity index (χ0n) is 14.2. The van der Waals surface area contributed by atoms with E-state index in [1.165, 1.54) is 12.1 Å². The SMILES string of the molecule is CC(C)c1cc(C(=O)Nc2cccc(C(=O)NCC(=O)O)c2)nn1C. The summed E-state index contributed by atoms with van der Waals surface area (Å²) in [6.07, 6.45) is 0. The van der Waals surface area contributed by atoms with Crippen LogP contribution in [0.3, 0.4) is 0 Å². The molecule has 2 amide bonds. The molecule has 2 aromatic rings. The molecule has 0 saturated carbocycles. The predicted octanol–water partition coefficient (Wildman–Crippen LogP) is 1.61. The summed E-state index contributed by atoms with van der Waals surface area (Å²) < 4.78 is 1.66. The van der Waals surface area contributed by atoms with Crippen LogP contribution in [0, 0.1) is 0 Å². The second-order valence-corrected chi connectivity index (χ2v) is 5.84. The average Bonchev–Trinajstić information content (AvgIpc) is 2.95. The van der Waals surface area contributed by atoms with Crippen LogP contribution in [0.1, 0.15) is 46.3 Å². The Hall–Kier alpha value is -3.16. The van der Waals surface area contributed by atoms with Crippen molar-refractivity contribution >= 4 is 23.5 Å². The van der Waals surface area contributed by atoms with E-state index in [2.05, 4.69) is 15.7 Å². The van der Waals surface area contributed by atoms with Gasteiger partial charge >= 0.3 is 5.97 Å². The Morgan fingerprint density at radius 1 is 1.20 bits per heavy atom. The van der Waals surface area contributed by atoms with E-state index in [1.807, 2.05) is 13.8 Å². The second kappa shape index (κ2) is 7.61. The lowest BCUT2D eigenvalue weighted by Gasteiger charge is -2.06. The number of carboxylic acids is 1. The monoisotopic (exact) mass is 344 g/mol. The minimum absolute atomic E-state index is 0.236. The topological polar surface area (TPSA) is 113 Å². The zero-order valence-corrected chi connectivity index (χ0v) is 14.2. The van der Waals surface area contributed by atoms with E-state index in [0.717, 1.165) is 5.69 Å². The second-order valence-electron chi connectivity index (χ2n) is 5.84. The molecule has 1 aromatic carbocycles. The third-order valence-electron chi connectivity index (χ3n) is 3.52. The fourth-order valence-corrected chi connectivity index (χ4v) is 2.32. The summed E-state index contributed by atoms with van der Waals surface area (Å²) in [7, 11) is 1.78. The van der Waals surface area contributed by atoms with Crippen LogP contribution in [-0.2, 0) is 11.8 Å². The van der Waals surface area contributed by atoms with Crippen LogP contribution < -0.4 is 10.6 Å². The minimum Gasteiger partial charge on any atom is -0.480 e. The van der Waals surface area contributed by atoms with Gasteiger partial charge in [-0.05, 0) is 30.2 Å². The molecule has 0 saturated heterocycles. The van der Waals surface area contributed by atoms with Gasteiger partial charge in [-0.15, -0.1) is 0 Å². The Morgan fingerprint density at radius 3 is 2.52 bits per heavy atom. The van der Waals surface area contributed by atoms with Crippen molar-refractivity contribution in [1.82, 2.24) is 15.1 Å². The van der Waals surface area contributed by atoms with Crippen molar-refractivity contribution in [2.45, 2.75) is 19.8 Å². The Bertz CT molecular complexity index is 811. The van der Waals surface area contributed by atoms with Crippen LogP contribution in [0.25, 0.3) is 0 Å². The summed E-state index contributed by atoms with van der Waals surface area (Å²) in [5.74, 6) is -1.81. The van der Waals surface area contributed by atoms with E-state index < -0.39 is 18.4 Å². The molecular formula is C17H20N4O4. The van der Waals surface area contributed by atoms with Gasteiger partial charge in [-0.25, -0.2) is 0 Å². The van der Waals surface area contributed by atoms with Gasteiger partial charge in [0.25, 0.3) is 11.8 Å². The van der Waals surface area contributed by atoms with Crippen molar-refractivity contribution in [3.63, 3.8) is 0 Å². The third-order valence-corrected chi connectivity index (χ3v) is 3.52. The number of carbonyl (C=O) groups excluding carboxylic acids is 2.